The van der Waals surface area contributed by atoms with Crippen molar-refractivity contribution in [3.8, 4) is 0 Å². The summed E-state index contributed by atoms with van der Waals surface area (Å²) in [7, 11) is 0. The lowest BCUT2D eigenvalue weighted by atomic mass is 9.93. The van der Waals surface area contributed by atoms with E-state index in [2.05, 4.69) is 46.1 Å². The average Bonchev–Trinajstić information content (AvgIpc) is 3.12. The predicted molar refractivity (Wildman–Crippen MR) is 92.4 cm³/mol. The Morgan fingerprint density at radius 1 is 1.27 bits per heavy atom. The lowest BCUT2D eigenvalue weighted by molar-refractivity contribution is 0.154. The third-order valence-corrected chi connectivity index (χ3v) is 5.15. The summed E-state index contributed by atoms with van der Waals surface area (Å²) in [5.74, 6) is 0.846. The summed E-state index contributed by atoms with van der Waals surface area (Å²) in [6.45, 7) is 7.73. The van der Waals surface area contributed by atoms with Crippen molar-refractivity contribution in [2.45, 2.75) is 38.9 Å². The molecular weight excluding hydrogens is 296 g/mol. The first kappa shape index (κ1) is 15.8. The molecule has 120 valence electrons. The molecule has 2 saturated heterocycles. The molecule has 4 rings (SSSR count). The molecule has 2 aliphatic rings. The van der Waals surface area contributed by atoms with Gasteiger partial charge in [0.1, 0.15) is 0 Å². The van der Waals surface area contributed by atoms with Crippen molar-refractivity contribution >= 4 is 23.3 Å². The summed E-state index contributed by atoms with van der Waals surface area (Å²) in [4.78, 5) is 2.60. The third-order valence-electron chi connectivity index (χ3n) is 5.15. The fraction of sp³-hybridized carbons (Fsp3) is 0.588. The first-order valence-electron chi connectivity index (χ1n) is 8.25. The van der Waals surface area contributed by atoms with Crippen LogP contribution in [0.15, 0.2) is 24.3 Å². The molecule has 0 radical (unpaired) electrons. The normalized spacial score (nSPS) is 25.1. The van der Waals surface area contributed by atoms with Crippen LogP contribution < -0.4 is 5.32 Å². The summed E-state index contributed by atoms with van der Waals surface area (Å²) >= 11 is 0. The molecule has 2 aromatic rings. The van der Waals surface area contributed by atoms with E-state index in [1.165, 1.54) is 49.1 Å². The molecule has 2 unspecified atom stereocenters. The number of piperidine rings is 1. The SMILES string of the molecule is CCn1nc(CN2CCC3NCCC3C2)c2ccccc21.Cl. The Balaban J connectivity index is 0.00000144. The molecule has 2 atom stereocenters. The second-order valence-corrected chi connectivity index (χ2v) is 6.41. The van der Waals surface area contributed by atoms with Crippen LogP contribution in [0.2, 0.25) is 0 Å². The summed E-state index contributed by atoms with van der Waals surface area (Å²) in [5, 5.41) is 9.81. The summed E-state index contributed by atoms with van der Waals surface area (Å²) in [5.41, 5.74) is 2.52. The second-order valence-electron chi connectivity index (χ2n) is 6.41. The van der Waals surface area contributed by atoms with E-state index in [1.807, 2.05) is 0 Å². The van der Waals surface area contributed by atoms with Crippen LogP contribution >= 0.6 is 12.4 Å². The van der Waals surface area contributed by atoms with Crippen LogP contribution in [-0.2, 0) is 13.1 Å². The minimum absolute atomic E-state index is 0. The van der Waals surface area contributed by atoms with E-state index >= 15 is 0 Å². The molecule has 1 N–H and O–H groups in total. The molecule has 0 spiro atoms. The van der Waals surface area contributed by atoms with E-state index in [1.54, 1.807) is 0 Å². The number of likely N-dealkylation sites (tertiary alicyclic amines) is 1. The van der Waals surface area contributed by atoms with E-state index in [0.717, 1.165) is 25.0 Å². The van der Waals surface area contributed by atoms with Crippen molar-refractivity contribution in [3.63, 3.8) is 0 Å². The van der Waals surface area contributed by atoms with Crippen LogP contribution in [0.3, 0.4) is 0 Å². The molecule has 0 amide bonds. The minimum atomic E-state index is 0. The molecule has 2 aliphatic heterocycles. The van der Waals surface area contributed by atoms with Crippen LogP contribution in [0.5, 0.6) is 0 Å². The molecule has 0 aliphatic carbocycles. The van der Waals surface area contributed by atoms with Crippen molar-refractivity contribution in [2.24, 2.45) is 5.92 Å². The highest BCUT2D eigenvalue weighted by atomic mass is 35.5. The zero-order valence-electron chi connectivity index (χ0n) is 13.2. The number of nitrogens with zero attached hydrogens (tertiary/aromatic N) is 3. The minimum Gasteiger partial charge on any atom is -0.314 e. The highest BCUT2D eigenvalue weighted by Gasteiger charge is 2.32. The highest BCUT2D eigenvalue weighted by Crippen LogP contribution is 2.27. The van der Waals surface area contributed by atoms with E-state index in [-0.39, 0.29) is 12.4 Å². The molecule has 2 fully saturated rings. The van der Waals surface area contributed by atoms with Crippen molar-refractivity contribution in [3.05, 3.63) is 30.0 Å². The molecule has 0 bridgehead atoms. The van der Waals surface area contributed by atoms with Crippen LogP contribution in [0, 0.1) is 5.92 Å². The zero-order chi connectivity index (χ0) is 14.2. The van der Waals surface area contributed by atoms with Gasteiger partial charge in [0.05, 0.1) is 11.2 Å². The van der Waals surface area contributed by atoms with Crippen molar-refractivity contribution in [1.29, 1.82) is 0 Å². The van der Waals surface area contributed by atoms with Gasteiger partial charge >= 0.3 is 0 Å². The molecule has 4 nitrogen and oxygen atoms in total. The number of hydrogen-bond donors (Lipinski definition) is 1. The number of benzene rings is 1. The molecule has 0 saturated carbocycles. The highest BCUT2D eigenvalue weighted by molar-refractivity contribution is 5.85. The summed E-state index contributed by atoms with van der Waals surface area (Å²) in [6, 6.07) is 9.40. The zero-order valence-corrected chi connectivity index (χ0v) is 14.0. The van der Waals surface area contributed by atoms with Crippen molar-refractivity contribution in [2.75, 3.05) is 19.6 Å². The fourth-order valence-corrected chi connectivity index (χ4v) is 4.03. The maximum absolute atomic E-state index is 4.85. The molecule has 1 aromatic heterocycles. The Labute approximate surface area is 138 Å². The van der Waals surface area contributed by atoms with Crippen LogP contribution in [0.4, 0.5) is 0 Å². The first-order chi connectivity index (χ1) is 10.3. The fourth-order valence-electron chi connectivity index (χ4n) is 4.03. The number of hydrogen-bond acceptors (Lipinski definition) is 3. The quantitative estimate of drug-likeness (QED) is 0.944. The second kappa shape index (κ2) is 6.57. The van der Waals surface area contributed by atoms with E-state index in [4.69, 9.17) is 5.10 Å². The topological polar surface area (TPSA) is 33.1 Å². The van der Waals surface area contributed by atoms with Gasteiger partial charge in [-0.25, -0.2) is 0 Å². The average molecular weight is 321 g/mol. The van der Waals surface area contributed by atoms with Gasteiger partial charge < -0.3 is 5.32 Å². The first-order valence-corrected chi connectivity index (χ1v) is 8.25. The third kappa shape index (κ3) is 2.75. The molecule has 22 heavy (non-hydrogen) atoms. The predicted octanol–water partition coefficient (Wildman–Crippen LogP) is 2.66. The molecule has 5 heteroatoms. The smallest absolute Gasteiger partial charge is 0.0843 e. The monoisotopic (exact) mass is 320 g/mol. The van der Waals surface area contributed by atoms with Crippen LogP contribution in [0.25, 0.3) is 10.9 Å². The number of halogens is 1. The van der Waals surface area contributed by atoms with Gasteiger partial charge in [-0.1, -0.05) is 18.2 Å². The van der Waals surface area contributed by atoms with Gasteiger partial charge in [-0.3, -0.25) is 9.58 Å². The lowest BCUT2D eigenvalue weighted by Crippen LogP contribution is -2.44. The largest absolute Gasteiger partial charge is 0.314 e. The van der Waals surface area contributed by atoms with Gasteiger partial charge in [-0.15, -0.1) is 12.4 Å². The molecule has 1 aromatic carbocycles. The van der Waals surface area contributed by atoms with Crippen LogP contribution in [0.1, 0.15) is 25.5 Å². The van der Waals surface area contributed by atoms with Gasteiger partial charge in [-0.2, -0.15) is 5.10 Å². The van der Waals surface area contributed by atoms with Crippen LogP contribution in [-0.4, -0.2) is 40.4 Å². The van der Waals surface area contributed by atoms with E-state index < -0.39 is 0 Å². The Kier molecular flexibility index (Phi) is 4.71. The molecule has 3 heterocycles. The summed E-state index contributed by atoms with van der Waals surface area (Å²) in [6.07, 6.45) is 2.63. The van der Waals surface area contributed by atoms with Gasteiger partial charge in [0.15, 0.2) is 0 Å². The van der Waals surface area contributed by atoms with Crippen molar-refractivity contribution < 1.29 is 0 Å². The Morgan fingerprint density at radius 2 is 2.14 bits per heavy atom. The Bertz CT molecular complexity index is 639. The van der Waals surface area contributed by atoms with E-state index in [9.17, 15) is 0 Å². The Hall–Kier alpha value is -1.10. The number of aryl methyl sites for hydroxylation is 1. The van der Waals surface area contributed by atoms with E-state index in [0.29, 0.717) is 0 Å². The number of aromatic nitrogens is 2. The van der Waals surface area contributed by atoms with Crippen molar-refractivity contribution in [1.82, 2.24) is 20.0 Å². The maximum atomic E-state index is 4.85. The number of fused-ring (bicyclic) bond motifs is 2. The Morgan fingerprint density at radius 3 is 3.00 bits per heavy atom. The lowest BCUT2D eigenvalue weighted by Gasteiger charge is -2.34. The molecular formula is C17H25ClN4. The maximum Gasteiger partial charge on any atom is 0.0843 e. The number of nitrogens with one attached hydrogen (secondary N) is 1. The number of para-hydroxylation sites is 1. The van der Waals surface area contributed by atoms with Gasteiger partial charge in [0.25, 0.3) is 0 Å². The van der Waals surface area contributed by atoms with Gasteiger partial charge in [0, 0.05) is 37.6 Å². The van der Waals surface area contributed by atoms with Gasteiger partial charge in [0.2, 0.25) is 0 Å². The summed E-state index contributed by atoms with van der Waals surface area (Å²) < 4.78 is 2.13. The number of rotatable bonds is 3. The van der Waals surface area contributed by atoms with Gasteiger partial charge in [-0.05, 0) is 38.3 Å². The standard InChI is InChI=1S/C17H24N4.ClH/c1-2-21-17-6-4-3-5-14(17)16(19-21)12-20-10-8-15-13(11-20)7-9-18-15;/h3-6,13,15,18H,2,7-12H2,1H3;1H.